The number of hydrogen-bond acceptors (Lipinski definition) is 3. The Morgan fingerprint density at radius 2 is 2.00 bits per heavy atom. The van der Waals surface area contributed by atoms with Gasteiger partial charge in [-0.05, 0) is 25.5 Å². The summed E-state index contributed by atoms with van der Waals surface area (Å²) in [6.07, 6.45) is 1.46. The van der Waals surface area contributed by atoms with Gasteiger partial charge in [0.2, 0.25) is 0 Å². The highest BCUT2D eigenvalue weighted by Gasteiger charge is 2.25. The van der Waals surface area contributed by atoms with Crippen molar-refractivity contribution >= 4 is 5.91 Å². The van der Waals surface area contributed by atoms with Crippen LogP contribution in [0.25, 0.3) is 0 Å². The van der Waals surface area contributed by atoms with Crippen molar-refractivity contribution in [3.05, 3.63) is 42.5 Å². The van der Waals surface area contributed by atoms with Gasteiger partial charge in [-0.25, -0.2) is 0 Å². The molecule has 1 saturated heterocycles. The molecule has 1 aromatic carbocycles. The summed E-state index contributed by atoms with van der Waals surface area (Å²) in [7, 11) is 0. The van der Waals surface area contributed by atoms with Gasteiger partial charge in [0.05, 0.1) is 0 Å². The first kappa shape index (κ1) is 15.6. The lowest BCUT2D eigenvalue weighted by Crippen LogP contribution is -2.51. The van der Waals surface area contributed by atoms with E-state index in [1.807, 2.05) is 49.1 Å². The van der Waals surface area contributed by atoms with Crippen molar-refractivity contribution in [1.82, 2.24) is 9.80 Å². The zero-order valence-electron chi connectivity index (χ0n) is 12.9. The Morgan fingerprint density at radius 3 is 2.62 bits per heavy atom. The fraction of sp³-hybridized carbons (Fsp3) is 0.471. The van der Waals surface area contributed by atoms with Crippen LogP contribution in [0, 0.1) is 6.92 Å². The molecule has 0 spiro atoms. The van der Waals surface area contributed by atoms with Crippen molar-refractivity contribution in [2.75, 3.05) is 32.7 Å². The van der Waals surface area contributed by atoms with Crippen LogP contribution in [0.1, 0.15) is 12.5 Å². The molecule has 1 amide bonds. The van der Waals surface area contributed by atoms with Crippen LogP contribution < -0.4 is 4.74 Å². The molecule has 1 fully saturated rings. The van der Waals surface area contributed by atoms with Gasteiger partial charge < -0.3 is 9.64 Å². The third-order valence-electron chi connectivity index (χ3n) is 3.82. The molecule has 1 aliphatic heterocycles. The minimum atomic E-state index is -0.447. The Morgan fingerprint density at radius 1 is 1.33 bits per heavy atom. The lowest BCUT2D eigenvalue weighted by atomic mass is 10.2. The van der Waals surface area contributed by atoms with Crippen LogP contribution >= 0.6 is 0 Å². The Labute approximate surface area is 127 Å². The molecule has 1 aromatic rings. The van der Waals surface area contributed by atoms with Crippen LogP contribution in [0.3, 0.4) is 0 Å². The highest BCUT2D eigenvalue weighted by Crippen LogP contribution is 2.18. The van der Waals surface area contributed by atoms with E-state index in [0.29, 0.717) is 0 Å². The first-order valence-electron chi connectivity index (χ1n) is 7.46. The number of amides is 1. The van der Waals surface area contributed by atoms with Crippen molar-refractivity contribution in [2.45, 2.75) is 20.0 Å². The number of aryl methyl sites for hydroxylation is 1. The second-order valence-corrected chi connectivity index (χ2v) is 5.44. The van der Waals surface area contributed by atoms with E-state index < -0.39 is 6.10 Å². The van der Waals surface area contributed by atoms with Crippen LogP contribution in [0.5, 0.6) is 5.75 Å². The third kappa shape index (κ3) is 4.08. The summed E-state index contributed by atoms with van der Waals surface area (Å²) < 4.78 is 5.81. The van der Waals surface area contributed by atoms with E-state index in [1.165, 1.54) is 0 Å². The van der Waals surface area contributed by atoms with Gasteiger partial charge in [0.25, 0.3) is 5.91 Å². The van der Waals surface area contributed by atoms with E-state index in [-0.39, 0.29) is 5.91 Å². The van der Waals surface area contributed by atoms with Gasteiger partial charge in [-0.1, -0.05) is 24.3 Å². The Kier molecular flexibility index (Phi) is 5.39. The maximum atomic E-state index is 12.4. The second-order valence-electron chi connectivity index (χ2n) is 5.44. The van der Waals surface area contributed by atoms with Gasteiger partial charge in [0, 0.05) is 32.7 Å². The third-order valence-corrected chi connectivity index (χ3v) is 3.82. The number of nitrogens with zero attached hydrogens (tertiary/aromatic N) is 2. The van der Waals surface area contributed by atoms with Crippen molar-refractivity contribution in [3.8, 4) is 5.75 Å². The molecule has 0 N–H and O–H groups in total. The Balaban J connectivity index is 1.88. The average Bonchev–Trinajstić information content (AvgIpc) is 2.50. The molecule has 0 unspecified atom stereocenters. The molecule has 1 aliphatic rings. The largest absolute Gasteiger partial charge is 0.481 e. The summed E-state index contributed by atoms with van der Waals surface area (Å²) in [5, 5.41) is 0. The van der Waals surface area contributed by atoms with Crippen LogP contribution in [-0.2, 0) is 4.79 Å². The van der Waals surface area contributed by atoms with Crippen LogP contribution in [0.2, 0.25) is 0 Å². The molecule has 0 aliphatic carbocycles. The number of piperazine rings is 1. The van der Waals surface area contributed by atoms with Crippen LogP contribution in [0.4, 0.5) is 0 Å². The molecule has 0 saturated carbocycles. The number of para-hydroxylation sites is 1. The van der Waals surface area contributed by atoms with Crippen molar-refractivity contribution < 1.29 is 9.53 Å². The van der Waals surface area contributed by atoms with Gasteiger partial charge in [-0.15, -0.1) is 6.58 Å². The van der Waals surface area contributed by atoms with Crippen LogP contribution in [0.15, 0.2) is 36.9 Å². The maximum Gasteiger partial charge on any atom is 0.263 e. The maximum absolute atomic E-state index is 12.4. The zero-order chi connectivity index (χ0) is 15.2. The normalized spacial score (nSPS) is 17.3. The molecule has 4 heteroatoms. The highest BCUT2D eigenvalue weighted by atomic mass is 16.5. The Hall–Kier alpha value is -1.81. The van der Waals surface area contributed by atoms with Gasteiger partial charge >= 0.3 is 0 Å². The van der Waals surface area contributed by atoms with Crippen molar-refractivity contribution in [1.29, 1.82) is 0 Å². The number of rotatable bonds is 5. The summed E-state index contributed by atoms with van der Waals surface area (Å²) in [5.74, 6) is 0.847. The topological polar surface area (TPSA) is 32.8 Å². The predicted molar refractivity (Wildman–Crippen MR) is 84.5 cm³/mol. The van der Waals surface area contributed by atoms with Gasteiger partial charge in [-0.3, -0.25) is 9.69 Å². The van der Waals surface area contributed by atoms with Gasteiger partial charge in [-0.2, -0.15) is 0 Å². The Bertz CT molecular complexity index is 493. The van der Waals surface area contributed by atoms with Crippen LogP contribution in [-0.4, -0.2) is 54.5 Å². The van der Waals surface area contributed by atoms with Crippen molar-refractivity contribution in [2.24, 2.45) is 0 Å². The smallest absolute Gasteiger partial charge is 0.263 e. The monoisotopic (exact) mass is 288 g/mol. The number of hydrogen-bond donors (Lipinski definition) is 0. The molecule has 4 nitrogen and oxygen atoms in total. The molecule has 21 heavy (non-hydrogen) atoms. The zero-order valence-corrected chi connectivity index (χ0v) is 12.9. The summed E-state index contributed by atoms with van der Waals surface area (Å²) in [4.78, 5) is 16.6. The lowest BCUT2D eigenvalue weighted by molar-refractivity contribution is -0.139. The predicted octanol–water partition coefficient (Wildman–Crippen LogP) is 2.09. The van der Waals surface area contributed by atoms with Crippen molar-refractivity contribution in [3.63, 3.8) is 0 Å². The summed E-state index contributed by atoms with van der Waals surface area (Å²) in [5.41, 5.74) is 1.05. The minimum Gasteiger partial charge on any atom is -0.481 e. The fourth-order valence-electron chi connectivity index (χ4n) is 2.52. The second kappa shape index (κ2) is 7.27. The summed E-state index contributed by atoms with van der Waals surface area (Å²) in [6.45, 7) is 11.8. The SMILES string of the molecule is C=CCN1CCN(C(=O)[C@@H](C)Oc2ccccc2C)CC1. The van der Waals surface area contributed by atoms with E-state index in [1.54, 1.807) is 0 Å². The number of carbonyl (C=O) groups excluding carboxylic acids is 1. The van der Waals surface area contributed by atoms with E-state index >= 15 is 0 Å². The quantitative estimate of drug-likeness (QED) is 0.778. The standard InChI is InChI=1S/C17H24N2O2/c1-4-9-18-10-12-19(13-11-18)17(20)15(3)21-16-8-6-5-7-14(16)2/h4-8,15H,1,9-13H2,2-3H3/t15-/m1/s1. The summed E-state index contributed by atoms with van der Waals surface area (Å²) >= 11 is 0. The minimum absolute atomic E-state index is 0.0662. The molecular formula is C17H24N2O2. The highest BCUT2D eigenvalue weighted by molar-refractivity contribution is 5.81. The fourth-order valence-corrected chi connectivity index (χ4v) is 2.52. The molecule has 0 aromatic heterocycles. The molecule has 0 bridgehead atoms. The first-order chi connectivity index (χ1) is 10.1. The summed E-state index contributed by atoms with van der Waals surface area (Å²) in [6, 6.07) is 7.78. The van der Waals surface area contributed by atoms with E-state index in [9.17, 15) is 4.79 Å². The molecule has 1 atom stereocenters. The van der Waals surface area contributed by atoms with E-state index in [4.69, 9.17) is 4.74 Å². The van der Waals surface area contributed by atoms with Gasteiger partial charge in [0.15, 0.2) is 6.10 Å². The molecular weight excluding hydrogens is 264 g/mol. The van der Waals surface area contributed by atoms with E-state index in [0.717, 1.165) is 44.0 Å². The van der Waals surface area contributed by atoms with Gasteiger partial charge in [0.1, 0.15) is 5.75 Å². The average molecular weight is 288 g/mol. The number of benzene rings is 1. The molecule has 114 valence electrons. The number of carbonyl (C=O) groups is 1. The lowest BCUT2D eigenvalue weighted by Gasteiger charge is -2.35. The molecule has 2 rings (SSSR count). The molecule has 0 radical (unpaired) electrons. The first-order valence-corrected chi connectivity index (χ1v) is 7.46. The van der Waals surface area contributed by atoms with E-state index in [2.05, 4.69) is 11.5 Å². The number of ether oxygens (including phenoxy) is 1. The molecule has 1 heterocycles.